The molecule has 0 unspecified atom stereocenters. The SMILES string of the molecule is CCCN(c1ccccc1)C1CN(C(=O)Nc2ccc(Cl)cc2)C1. The maximum Gasteiger partial charge on any atom is 0.321 e. The van der Waals surface area contributed by atoms with Gasteiger partial charge in [-0.05, 0) is 42.8 Å². The Kier molecular flexibility index (Phi) is 5.26. The number of urea groups is 1. The Hall–Kier alpha value is -2.20. The van der Waals surface area contributed by atoms with Crippen LogP contribution in [-0.4, -0.2) is 36.6 Å². The molecule has 2 amide bonds. The molecule has 0 aliphatic carbocycles. The van der Waals surface area contributed by atoms with Gasteiger partial charge in [-0.3, -0.25) is 0 Å². The second-order valence-corrected chi connectivity index (χ2v) is 6.46. The number of carbonyl (C=O) groups excluding carboxylic acids is 1. The molecule has 126 valence electrons. The highest BCUT2D eigenvalue weighted by atomic mass is 35.5. The molecular formula is C19H22ClN3O. The Morgan fingerprint density at radius 2 is 1.83 bits per heavy atom. The number of hydrogen-bond acceptors (Lipinski definition) is 2. The van der Waals surface area contributed by atoms with Gasteiger partial charge in [0, 0.05) is 36.0 Å². The molecule has 1 aliphatic heterocycles. The lowest BCUT2D eigenvalue weighted by molar-refractivity contribution is 0.161. The van der Waals surface area contributed by atoms with E-state index in [-0.39, 0.29) is 6.03 Å². The Morgan fingerprint density at radius 3 is 2.46 bits per heavy atom. The number of carbonyl (C=O) groups is 1. The van der Waals surface area contributed by atoms with Gasteiger partial charge in [0.2, 0.25) is 0 Å². The van der Waals surface area contributed by atoms with Gasteiger partial charge in [0.15, 0.2) is 0 Å². The molecular weight excluding hydrogens is 322 g/mol. The lowest BCUT2D eigenvalue weighted by Crippen LogP contribution is -2.62. The van der Waals surface area contributed by atoms with Gasteiger partial charge in [0.25, 0.3) is 0 Å². The van der Waals surface area contributed by atoms with Gasteiger partial charge in [0.1, 0.15) is 0 Å². The van der Waals surface area contributed by atoms with Gasteiger partial charge in [0.05, 0.1) is 6.04 Å². The van der Waals surface area contributed by atoms with Gasteiger partial charge in [-0.25, -0.2) is 4.79 Å². The van der Waals surface area contributed by atoms with E-state index in [0.717, 1.165) is 31.7 Å². The number of para-hydroxylation sites is 1. The van der Waals surface area contributed by atoms with E-state index in [1.54, 1.807) is 12.1 Å². The Labute approximate surface area is 148 Å². The summed E-state index contributed by atoms with van der Waals surface area (Å²) in [6.45, 7) is 4.67. The average Bonchev–Trinajstić information content (AvgIpc) is 2.56. The van der Waals surface area contributed by atoms with E-state index < -0.39 is 0 Å². The van der Waals surface area contributed by atoms with Crippen LogP contribution >= 0.6 is 11.6 Å². The zero-order chi connectivity index (χ0) is 16.9. The van der Waals surface area contributed by atoms with Crippen LogP contribution in [0.2, 0.25) is 5.02 Å². The van der Waals surface area contributed by atoms with Gasteiger partial charge >= 0.3 is 6.03 Å². The van der Waals surface area contributed by atoms with E-state index in [4.69, 9.17) is 11.6 Å². The van der Waals surface area contributed by atoms with Gasteiger partial charge in [-0.2, -0.15) is 0 Å². The number of halogens is 1. The van der Waals surface area contributed by atoms with Crippen LogP contribution in [0.15, 0.2) is 54.6 Å². The number of hydrogen-bond donors (Lipinski definition) is 1. The van der Waals surface area contributed by atoms with Crippen LogP contribution in [0.3, 0.4) is 0 Å². The fourth-order valence-corrected chi connectivity index (χ4v) is 3.06. The van der Waals surface area contributed by atoms with Crippen LogP contribution in [0.25, 0.3) is 0 Å². The highest BCUT2D eigenvalue weighted by molar-refractivity contribution is 6.30. The molecule has 1 N–H and O–H groups in total. The number of anilines is 2. The molecule has 2 aromatic carbocycles. The van der Waals surface area contributed by atoms with Crippen LogP contribution < -0.4 is 10.2 Å². The quantitative estimate of drug-likeness (QED) is 0.869. The fraction of sp³-hybridized carbons (Fsp3) is 0.316. The predicted molar refractivity (Wildman–Crippen MR) is 99.9 cm³/mol. The molecule has 0 atom stereocenters. The number of nitrogens with one attached hydrogen (secondary N) is 1. The zero-order valence-electron chi connectivity index (χ0n) is 13.8. The molecule has 4 nitrogen and oxygen atoms in total. The maximum atomic E-state index is 12.3. The first-order chi connectivity index (χ1) is 11.7. The van der Waals surface area contributed by atoms with Crippen LogP contribution in [0.1, 0.15) is 13.3 Å². The van der Waals surface area contributed by atoms with E-state index >= 15 is 0 Å². The normalized spacial score (nSPS) is 14.2. The number of nitrogens with zero attached hydrogens (tertiary/aromatic N) is 2. The Bertz CT molecular complexity index is 669. The summed E-state index contributed by atoms with van der Waals surface area (Å²) in [6.07, 6.45) is 1.09. The maximum absolute atomic E-state index is 12.3. The molecule has 1 aliphatic rings. The van der Waals surface area contributed by atoms with Gasteiger partial charge in [-0.1, -0.05) is 36.7 Å². The van der Waals surface area contributed by atoms with E-state index in [2.05, 4.69) is 41.4 Å². The van der Waals surface area contributed by atoms with E-state index in [9.17, 15) is 4.79 Å². The van der Waals surface area contributed by atoms with Crippen molar-refractivity contribution < 1.29 is 4.79 Å². The van der Waals surface area contributed by atoms with E-state index in [1.165, 1.54) is 5.69 Å². The van der Waals surface area contributed by atoms with Gasteiger partial charge < -0.3 is 15.1 Å². The summed E-state index contributed by atoms with van der Waals surface area (Å²) < 4.78 is 0. The molecule has 0 aromatic heterocycles. The molecule has 0 spiro atoms. The number of benzene rings is 2. The first-order valence-corrected chi connectivity index (χ1v) is 8.68. The molecule has 0 bridgehead atoms. The highest BCUT2D eigenvalue weighted by Crippen LogP contribution is 2.24. The van der Waals surface area contributed by atoms with Crippen molar-refractivity contribution in [3.8, 4) is 0 Å². The molecule has 1 fully saturated rings. The highest BCUT2D eigenvalue weighted by Gasteiger charge is 2.34. The summed E-state index contributed by atoms with van der Waals surface area (Å²) in [6, 6.07) is 17.9. The van der Waals surface area contributed by atoms with Crippen molar-refractivity contribution in [2.24, 2.45) is 0 Å². The zero-order valence-corrected chi connectivity index (χ0v) is 14.5. The van der Waals surface area contributed by atoms with Crippen molar-refractivity contribution in [2.45, 2.75) is 19.4 Å². The minimum Gasteiger partial charge on any atom is -0.365 e. The van der Waals surface area contributed by atoms with Crippen molar-refractivity contribution in [1.29, 1.82) is 0 Å². The molecule has 0 radical (unpaired) electrons. The smallest absolute Gasteiger partial charge is 0.321 e. The molecule has 1 heterocycles. The van der Waals surface area contributed by atoms with Crippen LogP contribution in [0.5, 0.6) is 0 Å². The average molecular weight is 344 g/mol. The lowest BCUT2D eigenvalue weighted by atomic mass is 10.1. The van der Waals surface area contributed by atoms with Crippen molar-refractivity contribution in [1.82, 2.24) is 4.90 Å². The van der Waals surface area contributed by atoms with Crippen LogP contribution in [-0.2, 0) is 0 Å². The fourth-order valence-electron chi connectivity index (χ4n) is 2.94. The summed E-state index contributed by atoms with van der Waals surface area (Å²) in [5.41, 5.74) is 1.99. The van der Waals surface area contributed by atoms with Crippen molar-refractivity contribution >= 4 is 29.0 Å². The standard InChI is InChI=1S/C19H22ClN3O/c1-2-12-23(17-6-4-3-5-7-17)18-13-22(14-18)19(24)21-16-10-8-15(20)9-11-16/h3-11,18H,2,12-14H2,1H3,(H,21,24). The first-order valence-electron chi connectivity index (χ1n) is 8.30. The Morgan fingerprint density at radius 1 is 1.17 bits per heavy atom. The third kappa shape index (κ3) is 3.82. The summed E-state index contributed by atoms with van der Waals surface area (Å²) >= 11 is 5.86. The number of amides is 2. The third-order valence-electron chi connectivity index (χ3n) is 4.24. The topological polar surface area (TPSA) is 35.6 Å². The summed E-state index contributed by atoms with van der Waals surface area (Å²) in [7, 11) is 0. The van der Waals surface area contributed by atoms with E-state index in [0.29, 0.717) is 11.1 Å². The van der Waals surface area contributed by atoms with Crippen molar-refractivity contribution in [2.75, 3.05) is 29.9 Å². The molecule has 3 rings (SSSR count). The van der Waals surface area contributed by atoms with Crippen LogP contribution in [0.4, 0.5) is 16.2 Å². The third-order valence-corrected chi connectivity index (χ3v) is 4.49. The second kappa shape index (κ2) is 7.58. The van der Waals surface area contributed by atoms with Gasteiger partial charge in [-0.15, -0.1) is 0 Å². The minimum atomic E-state index is -0.0573. The molecule has 2 aromatic rings. The Balaban J connectivity index is 1.57. The van der Waals surface area contributed by atoms with Crippen molar-refractivity contribution in [3.63, 3.8) is 0 Å². The van der Waals surface area contributed by atoms with E-state index in [1.807, 2.05) is 23.1 Å². The first kappa shape index (κ1) is 16.7. The molecule has 0 saturated carbocycles. The largest absolute Gasteiger partial charge is 0.365 e. The molecule has 1 saturated heterocycles. The lowest BCUT2D eigenvalue weighted by Gasteiger charge is -2.46. The second-order valence-electron chi connectivity index (χ2n) is 6.02. The monoisotopic (exact) mass is 343 g/mol. The summed E-state index contributed by atoms with van der Waals surface area (Å²) in [5.74, 6) is 0. The number of rotatable bonds is 5. The summed E-state index contributed by atoms with van der Waals surface area (Å²) in [5, 5.41) is 3.57. The van der Waals surface area contributed by atoms with Crippen molar-refractivity contribution in [3.05, 3.63) is 59.6 Å². The molecule has 5 heteroatoms. The minimum absolute atomic E-state index is 0.0573. The summed E-state index contributed by atoms with van der Waals surface area (Å²) in [4.78, 5) is 16.5. The molecule has 24 heavy (non-hydrogen) atoms. The predicted octanol–water partition coefficient (Wildman–Crippen LogP) is 4.47. The van der Waals surface area contributed by atoms with Crippen LogP contribution in [0, 0.1) is 0 Å². The number of likely N-dealkylation sites (tertiary alicyclic amines) is 1.